The average molecular weight is 575 g/mol. The lowest BCUT2D eigenvalue weighted by molar-refractivity contribution is -0.278. The highest BCUT2D eigenvalue weighted by atomic mass is 28.4. The first-order valence-corrected chi connectivity index (χ1v) is 23.2. The molecule has 1 saturated heterocycles. The van der Waals surface area contributed by atoms with Crippen molar-refractivity contribution in [2.75, 3.05) is 0 Å². The van der Waals surface area contributed by atoms with Crippen molar-refractivity contribution in [3.8, 4) is 6.07 Å². The van der Waals surface area contributed by atoms with E-state index in [1.54, 1.807) is 0 Å². The second kappa shape index (κ2) is 10.4. The van der Waals surface area contributed by atoms with Crippen molar-refractivity contribution in [1.29, 1.82) is 5.26 Å². The largest absolute Gasteiger partial charge is 0.409 e. The van der Waals surface area contributed by atoms with Gasteiger partial charge in [0, 0.05) is 0 Å². The summed E-state index contributed by atoms with van der Waals surface area (Å²) in [4.78, 5) is 19.2. The molecule has 1 aliphatic heterocycles. The molecular formula is C28H46N2O5Si3. The van der Waals surface area contributed by atoms with Crippen molar-refractivity contribution in [2.45, 2.75) is 115 Å². The number of nitriles is 1. The van der Waals surface area contributed by atoms with Crippen molar-refractivity contribution in [1.82, 2.24) is 5.06 Å². The summed E-state index contributed by atoms with van der Waals surface area (Å²) in [6.45, 7) is 23.7. The summed E-state index contributed by atoms with van der Waals surface area (Å²) < 4.78 is 20.7. The van der Waals surface area contributed by atoms with E-state index in [2.05, 4.69) is 79.2 Å². The lowest BCUT2D eigenvalue weighted by Crippen LogP contribution is -2.77. The quantitative estimate of drug-likeness (QED) is 0.193. The Morgan fingerprint density at radius 1 is 0.947 bits per heavy atom. The molecule has 0 unspecified atom stereocenters. The zero-order valence-corrected chi connectivity index (χ0v) is 28.0. The Balaban J connectivity index is 2.15. The number of β-lactam (4-membered cyclic amide) rings is 1. The minimum atomic E-state index is -2.41. The predicted octanol–water partition coefficient (Wildman–Crippen LogP) is 6.38. The van der Waals surface area contributed by atoms with Crippen LogP contribution in [0, 0.1) is 11.3 Å². The molecule has 1 aliphatic carbocycles. The third-order valence-corrected chi connectivity index (χ3v) is 13.8. The Hall–Kier alpha value is -1.59. The zero-order chi connectivity index (χ0) is 28.8. The first-order chi connectivity index (χ1) is 17.3. The van der Waals surface area contributed by atoms with Crippen LogP contribution in [0.25, 0.3) is 0 Å². The molecule has 0 aromatic heterocycles. The standard InChI is InChI=1S/C28H46N2O5Si3/c1-26(2,3)38(10,11)34-25-24(33-36(4,5)6)27(17-18-28(25,21-29)35-37(7,8)9)19-23(31)30(27)32-20-22-15-13-12-14-16-22/h12-18,24-25H,19-20H2,1-11H3/t24-,25+,27+,28-/m1/s1. The van der Waals surface area contributed by atoms with Crippen molar-refractivity contribution in [3.05, 3.63) is 48.0 Å². The van der Waals surface area contributed by atoms with E-state index in [-0.39, 0.29) is 24.0 Å². The van der Waals surface area contributed by atoms with E-state index in [0.717, 1.165) is 5.56 Å². The van der Waals surface area contributed by atoms with Gasteiger partial charge in [0.15, 0.2) is 30.6 Å². The van der Waals surface area contributed by atoms with E-state index >= 15 is 0 Å². The molecule has 1 aromatic rings. The highest BCUT2D eigenvalue weighted by molar-refractivity contribution is 6.74. The number of benzene rings is 1. The second-order valence-electron chi connectivity index (χ2n) is 14.0. The van der Waals surface area contributed by atoms with Gasteiger partial charge in [0.25, 0.3) is 0 Å². The number of hydrogen-bond acceptors (Lipinski definition) is 6. The average Bonchev–Trinajstić information content (AvgIpc) is 2.75. The summed E-state index contributed by atoms with van der Waals surface area (Å²) in [5.74, 6) is -0.114. The van der Waals surface area contributed by atoms with Gasteiger partial charge in [0.05, 0.1) is 6.42 Å². The molecule has 0 bridgehead atoms. The molecule has 38 heavy (non-hydrogen) atoms. The molecular weight excluding hydrogens is 529 g/mol. The minimum absolute atomic E-state index is 0.107. The molecule has 2 aliphatic rings. The van der Waals surface area contributed by atoms with Crippen LogP contribution < -0.4 is 0 Å². The number of hydrogen-bond donors (Lipinski definition) is 0. The fourth-order valence-corrected chi connectivity index (χ4v) is 8.25. The van der Waals surface area contributed by atoms with Crippen LogP contribution in [0.1, 0.15) is 32.8 Å². The summed E-state index contributed by atoms with van der Waals surface area (Å²) >= 11 is 0. The van der Waals surface area contributed by atoms with Gasteiger partial charge in [-0.1, -0.05) is 57.2 Å². The maximum Gasteiger partial charge on any atom is 0.249 e. The van der Waals surface area contributed by atoms with Gasteiger partial charge in [0.2, 0.25) is 5.91 Å². The molecule has 0 N–H and O–H groups in total. The summed E-state index contributed by atoms with van der Waals surface area (Å²) in [5.41, 5.74) is -1.26. The van der Waals surface area contributed by atoms with E-state index in [0.29, 0.717) is 0 Å². The van der Waals surface area contributed by atoms with E-state index in [9.17, 15) is 10.1 Å². The molecule has 1 fully saturated rings. The lowest BCUT2D eigenvalue weighted by Gasteiger charge is -2.60. The molecule has 1 aromatic carbocycles. The van der Waals surface area contributed by atoms with E-state index in [1.807, 2.05) is 42.5 Å². The molecule has 1 heterocycles. The van der Waals surface area contributed by atoms with Crippen LogP contribution in [-0.2, 0) is 29.5 Å². The summed E-state index contributed by atoms with van der Waals surface area (Å²) in [6.07, 6.45) is 2.60. The third-order valence-electron chi connectivity index (χ3n) is 7.41. The van der Waals surface area contributed by atoms with Gasteiger partial charge in [-0.25, -0.2) is 5.06 Å². The van der Waals surface area contributed by atoms with Gasteiger partial charge in [-0.3, -0.25) is 9.63 Å². The fraction of sp³-hybridized carbons (Fsp3) is 0.643. The normalized spacial score (nSPS) is 28.4. The minimum Gasteiger partial charge on any atom is -0.409 e. The fourth-order valence-electron chi connectivity index (χ4n) is 4.63. The second-order valence-corrected chi connectivity index (χ2v) is 27.7. The molecule has 0 radical (unpaired) electrons. The van der Waals surface area contributed by atoms with Gasteiger partial charge in [-0.15, -0.1) is 0 Å². The van der Waals surface area contributed by atoms with Gasteiger partial charge in [-0.05, 0) is 69.1 Å². The SMILES string of the molecule is CC(C)(C)[Si](C)(C)O[C@H]1[C@@H](O[Si](C)(C)C)[C@]2(C=C[C@]1(C#N)O[Si](C)(C)C)CC(=O)N2OCc1ccccc1. The Morgan fingerprint density at radius 2 is 1.55 bits per heavy atom. The van der Waals surface area contributed by atoms with Gasteiger partial charge >= 0.3 is 0 Å². The Morgan fingerprint density at radius 3 is 2.03 bits per heavy atom. The number of amides is 1. The number of nitrogens with zero attached hydrogens (tertiary/aromatic N) is 2. The topological polar surface area (TPSA) is 81.0 Å². The molecule has 1 spiro atoms. The van der Waals surface area contributed by atoms with E-state index < -0.39 is 48.3 Å². The molecule has 0 saturated carbocycles. The maximum atomic E-state index is 13.0. The van der Waals surface area contributed by atoms with Crippen LogP contribution in [0.5, 0.6) is 0 Å². The van der Waals surface area contributed by atoms with Crippen LogP contribution >= 0.6 is 0 Å². The smallest absolute Gasteiger partial charge is 0.249 e. The van der Waals surface area contributed by atoms with E-state index in [1.165, 1.54) is 5.06 Å². The maximum absolute atomic E-state index is 13.0. The Bertz CT molecular complexity index is 1080. The molecule has 10 heteroatoms. The molecule has 3 rings (SSSR count). The predicted molar refractivity (Wildman–Crippen MR) is 158 cm³/mol. The number of carbonyl (C=O) groups is 1. The van der Waals surface area contributed by atoms with Crippen molar-refractivity contribution >= 4 is 30.9 Å². The molecule has 1 amide bonds. The Labute approximate surface area is 232 Å². The Kier molecular flexibility index (Phi) is 8.49. The first kappa shape index (κ1) is 30.9. The van der Waals surface area contributed by atoms with Crippen LogP contribution in [0.4, 0.5) is 0 Å². The summed E-state index contributed by atoms with van der Waals surface area (Å²) in [7, 11) is -6.82. The number of rotatable bonds is 9. The number of hydroxylamine groups is 2. The van der Waals surface area contributed by atoms with Crippen LogP contribution in [0.2, 0.25) is 57.4 Å². The summed E-state index contributed by atoms with van der Waals surface area (Å²) in [5, 5.41) is 12.0. The molecule has 4 atom stereocenters. The molecule has 210 valence electrons. The lowest BCUT2D eigenvalue weighted by atomic mass is 9.70. The van der Waals surface area contributed by atoms with Gasteiger partial charge in [0.1, 0.15) is 30.4 Å². The first-order valence-electron chi connectivity index (χ1n) is 13.4. The summed E-state index contributed by atoms with van der Waals surface area (Å²) in [6, 6.07) is 12.3. The monoisotopic (exact) mass is 574 g/mol. The number of carbonyl (C=O) groups excluding carboxylic acids is 1. The van der Waals surface area contributed by atoms with Crippen molar-refractivity contribution in [3.63, 3.8) is 0 Å². The third kappa shape index (κ3) is 6.41. The van der Waals surface area contributed by atoms with E-state index in [4.69, 9.17) is 18.1 Å². The van der Waals surface area contributed by atoms with Crippen LogP contribution in [0.3, 0.4) is 0 Å². The van der Waals surface area contributed by atoms with Crippen molar-refractivity contribution < 1.29 is 22.9 Å². The van der Waals surface area contributed by atoms with Crippen LogP contribution in [0.15, 0.2) is 42.5 Å². The highest BCUT2D eigenvalue weighted by Crippen LogP contribution is 2.50. The molecule has 7 nitrogen and oxygen atoms in total. The highest BCUT2D eigenvalue weighted by Gasteiger charge is 2.67. The van der Waals surface area contributed by atoms with Crippen molar-refractivity contribution in [2.24, 2.45) is 0 Å². The zero-order valence-electron chi connectivity index (χ0n) is 25.0. The van der Waals surface area contributed by atoms with Crippen LogP contribution in [-0.4, -0.2) is 59.3 Å². The van der Waals surface area contributed by atoms with Gasteiger partial charge in [-0.2, -0.15) is 5.26 Å². The van der Waals surface area contributed by atoms with Gasteiger partial charge < -0.3 is 13.3 Å².